The maximum atomic E-state index is 13.5. The van der Waals surface area contributed by atoms with Crippen LogP contribution in [0.25, 0.3) is 6.08 Å². The van der Waals surface area contributed by atoms with Crippen LogP contribution in [0.5, 0.6) is 23.0 Å². The summed E-state index contributed by atoms with van der Waals surface area (Å²) in [5, 5.41) is 5.91. The molecule has 0 aliphatic rings. The second-order valence-corrected chi connectivity index (χ2v) is 11.8. The number of ether oxygens (including phenoxy) is 5. The van der Waals surface area contributed by atoms with Crippen molar-refractivity contribution in [1.29, 1.82) is 0 Å². The maximum absolute atomic E-state index is 13.5. The summed E-state index contributed by atoms with van der Waals surface area (Å²) in [4.78, 5) is 25.2. The second-order valence-electron chi connectivity index (χ2n) is 11.8. The Labute approximate surface area is 260 Å². The molecule has 1 rings (SSSR count). The molecule has 43 heavy (non-hydrogen) atoms. The summed E-state index contributed by atoms with van der Waals surface area (Å²) in [6.45, 7) is 10.8. The van der Waals surface area contributed by atoms with E-state index in [0.29, 0.717) is 48.1 Å². The van der Waals surface area contributed by atoms with E-state index in [0.717, 1.165) is 49.7 Å². The lowest BCUT2D eigenvalue weighted by Crippen LogP contribution is -2.33. The van der Waals surface area contributed by atoms with E-state index in [9.17, 15) is 9.59 Å². The van der Waals surface area contributed by atoms with Crippen molar-refractivity contribution in [3.63, 3.8) is 0 Å². The number of carbonyl (C=O) groups is 2. The first-order valence-corrected chi connectivity index (χ1v) is 15.9. The molecule has 0 bridgehead atoms. The fourth-order valence-corrected chi connectivity index (χ4v) is 4.91. The highest BCUT2D eigenvalue weighted by Gasteiger charge is 2.25. The highest BCUT2D eigenvalue weighted by molar-refractivity contribution is 5.98. The minimum Gasteiger partial charge on any atom is -0.492 e. The van der Waals surface area contributed by atoms with Crippen molar-refractivity contribution in [3.05, 3.63) is 16.7 Å². The van der Waals surface area contributed by atoms with Crippen molar-refractivity contribution in [3.8, 4) is 23.0 Å². The Morgan fingerprint density at radius 2 is 1.16 bits per heavy atom. The number of hydrogen-bond acceptors (Lipinski definition) is 7. The zero-order valence-corrected chi connectivity index (χ0v) is 28.3. The van der Waals surface area contributed by atoms with E-state index in [1.165, 1.54) is 32.1 Å². The topological polar surface area (TPSA) is 104 Å². The highest BCUT2D eigenvalue weighted by atomic mass is 16.6. The second kappa shape index (κ2) is 20.7. The summed E-state index contributed by atoms with van der Waals surface area (Å²) in [6.07, 6.45) is 14.0. The zero-order chi connectivity index (χ0) is 32.3. The molecule has 2 N–H and O–H groups in total. The van der Waals surface area contributed by atoms with Crippen LogP contribution >= 0.6 is 0 Å². The van der Waals surface area contributed by atoms with Gasteiger partial charge in [0.1, 0.15) is 5.60 Å². The van der Waals surface area contributed by atoms with E-state index in [2.05, 4.69) is 17.6 Å². The lowest BCUT2D eigenvalue weighted by atomic mass is 9.98. The third kappa shape index (κ3) is 13.8. The summed E-state index contributed by atoms with van der Waals surface area (Å²) in [7, 11) is 6.29. The van der Waals surface area contributed by atoms with Gasteiger partial charge in [-0.15, -0.1) is 0 Å². The Morgan fingerprint density at radius 3 is 1.70 bits per heavy atom. The van der Waals surface area contributed by atoms with Crippen LogP contribution in [-0.2, 0) is 9.53 Å². The molecule has 0 radical (unpaired) electrons. The molecule has 9 heteroatoms. The smallest absolute Gasteiger partial charge is 0.407 e. The Bertz CT molecular complexity index is 1020. The first-order chi connectivity index (χ1) is 20.5. The quantitative estimate of drug-likeness (QED) is 0.109. The molecule has 1 aromatic rings. The summed E-state index contributed by atoms with van der Waals surface area (Å²) in [5.41, 5.74) is 1.75. The molecule has 0 unspecified atom stereocenters. The molecule has 246 valence electrons. The monoisotopic (exact) mass is 606 g/mol. The molecular formula is C34H58N2O7. The number of amides is 2. The minimum atomic E-state index is -0.500. The molecule has 0 aliphatic carbocycles. The standard InChI is InChI=1S/C34H58N2O7/c1-10-11-12-13-14-15-18-21-26(24-27-25(2)28(39-6)30(41-8)31(42-9)29(27)40-7)32(37)35-22-19-16-17-20-23-36-33(38)43-34(3,4)5/h24H,10-23H2,1-9H3,(H,35,37)(H,36,38). The van der Waals surface area contributed by atoms with Gasteiger partial charge in [0.05, 0.1) is 28.4 Å². The molecule has 9 nitrogen and oxygen atoms in total. The van der Waals surface area contributed by atoms with Crippen LogP contribution in [0.2, 0.25) is 0 Å². The third-order valence-corrected chi connectivity index (χ3v) is 7.14. The molecular weight excluding hydrogens is 548 g/mol. The molecule has 1 aromatic carbocycles. The van der Waals surface area contributed by atoms with Crippen LogP contribution < -0.4 is 29.6 Å². The van der Waals surface area contributed by atoms with Crippen molar-refractivity contribution in [2.45, 2.75) is 117 Å². The van der Waals surface area contributed by atoms with Crippen LogP contribution in [0, 0.1) is 6.92 Å². The average Bonchev–Trinajstić information content (AvgIpc) is 2.96. The van der Waals surface area contributed by atoms with E-state index in [1.54, 1.807) is 28.4 Å². The van der Waals surface area contributed by atoms with E-state index in [1.807, 2.05) is 33.8 Å². The number of unbranched alkanes of at least 4 members (excludes halogenated alkanes) is 9. The van der Waals surface area contributed by atoms with Gasteiger partial charge in [-0.2, -0.15) is 0 Å². The fourth-order valence-electron chi connectivity index (χ4n) is 4.91. The van der Waals surface area contributed by atoms with Crippen molar-refractivity contribution in [2.75, 3.05) is 41.5 Å². The summed E-state index contributed by atoms with van der Waals surface area (Å²) in [5.74, 6) is 1.85. The molecule has 0 spiro atoms. The van der Waals surface area contributed by atoms with Gasteiger partial charge in [0.25, 0.3) is 0 Å². The minimum absolute atomic E-state index is 0.0761. The van der Waals surface area contributed by atoms with Gasteiger partial charge in [-0.3, -0.25) is 4.79 Å². The number of alkyl carbamates (subject to hydrolysis) is 1. The Balaban J connectivity index is 2.92. The summed E-state index contributed by atoms with van der Waals surface area (Å²) in [6, 6.07) is 0. The van der Waals surface area contributed by atoms with Gasteiger partial charge < -0.3 is 34.3 Å². The first kappa shape index (κ1) is 37.9. The number of benzene rings is 1. The van der Waals surface area contributed by atoms with Gasteiger partial charge in [0.2, 0.25) is 17.4 Å². The van der Waals surface area contributed by atoms with Crippen molar-refractivity contribution in [1.82, 2.24) is 10.6 Å². The lowest BCUT2D eigenvalue weighted by Gasteiger charge is -2.21. The third-order valence-electron chi connectivity index (χ3n) is 7.14. The van der Waals surface area contributed by atoms with E-state index >= 15 is 0 Å². The van der Waals surface area contributed by atoms with Crippen LogP contribution in [0.3, 0.4) is 0 Å². The number of hydrogen-bond donors (Lipinski definition) is 2. The van der Waals surface area contributed by atoms with E-state index in [-0.39, 0.29) is 12.0 Å². The number of methoxy groups -OCH3 is 4. The Morgan fingerprint density at radius 1 is 0.674 bits per heavy atom. The molecule has 2 amide bonds. The van der Waals surface area contributed by atoms with Gasteiger partial charge in [0.15, 0.2) is 11.5 Å². The summed E-state index contributed by atoms with van der Waals surface area (Å²) < 4.78 is 27.9. The van der Waals surface area contributed by atoms with Crippen LogP contribution in [0.1, 0.15) is 116 Å². The average molecular weight is 607 g/mol. The molecule has 0 heterocycles. The Hall–Kier alpha value is -3.10. The lowest BCUT2D eigenvalue weighted by molar-refractivity contribution is -0.117. The van der Waals surface area contributed by atoms with Crippen LogP contribution in [0.15, 0.2) is 5.57 Å². The van der Waals surface area contributed by atoms with Gasteiger partial charge in [-0.05, 0) is 59.5 Å². The molecule has 0 saturated heterocycles. The van der Waals surface area contributed by atoms with E-state index in [4.69, 9.17) is 23.7 Å². The molecule has 0 fully saturated rings. The maximum Gasteiger partial charge on any atom is 0.407 e. The fraction of sp³-hybridized carbons (Fsp3) is 0.706. The molecule has 0 aliphatic heterocycles. The molecule has 0 atom stereocenters. The number of nitrogens with one attached hydrogen (secondary N) is 2. The SMILES string of the molecule is CCCCCCCCCC(=Cc1c(C)c(OC)c(OC)c(OC)c1OC)C(=O)NCCCCCCNC(=O)OC(C)(C)C. The zero-order valence-electron chi connectivity index (χ0n) is 28.3. The number of carbonyl (C=O) groups excluding carboxylic acids is 2. The van der Waals surface area contributed by atoms with Crippen molar-refractivity contribution in [2.24, 2.45) is 0 Å². The molecule has 0 aromatic heterocycles. The van der Waals surface area contributed by atoms with Crippen LogP contribution in [0.4, 0.5) is 4.79 Å². The Kier molecular flexibility index (Phi) is 18.3. The largest absolute Gasteiger partial charge is 0.492 e. The predicted molar refractivity (Wildman–Crippen MR) is 174 cm³/mol. The van der Waals surface area contributed by atoms with Crippen molar-refractivity contribution >= 4 is 18.1 Å². The predicted octanol–water partition coefficient (Wildman–Crippen LogP) is 7.75. The van der Waals surface area contributed by atoms with Crippen LogP contribution in [-0.4, -0.2) is 59.1 Å². The van der Waals surface area contributed by atoms with Crippen molar-refractivity contribution < 1.29 is 33.3 Å². The normalized spacial score (nSPS) is 11.6. The van der Waals surface area contributed by atoms with Gasteiger partial charge in [-0.25, -0.2) is 4.79 Å². The van der Waals surface area contributed by atoms with Gasteiger partial charge in [-0.1, -0.05) is 58.3 Å². The number of rotatable bonds is 21. The highest BCUT2D eigenvalue weighted by Crippen LogP contribution is 2.50. The van der Waals surface area contributed by atoms with E-state index < -0.39 is 5.60 Å². The summed E-state index contributed by atoms with van der Waals surface area (Å²) >= 11 is 0. The van der Waals surface area contributed by atoms with Gasteiger partial charge in [0, 0.05) is 29.8 Å². The first-order valence-electron chi connectivity index (χ1n) is 15.9. The molecule has 0 saturated carbocycles. The van der Waals surface area contributed by atoms with Gasteiger partial charge >= 0.3 is 6.09 Å².